The monoisotopic (exact) mass is 320 g/mol. The van der Waals surface area contributed by atoms with Crippen LogP contribution in [0.1, 0.15) is 67.7 Å². The van der Waals surface area contributed by atoms with Gasteiger partial charge in [0.2, 0.25) is 0 Å². The van der Waals surface area contributed by atoms with Crippen LogP contribution in [0, 0.1) is 32.6 Å². The van der Waals surface area contributed by atoms with E-state index in [1.54, 1.807) is 0 Å². The van der Waals surface area contributed by atoms with Crippen molar-refractivity contribution in [3.8, 4) is 11.1 Å². The van der Waals surface area contributed by atoms with Crippen molar-refractivity contribution in [2.45, 2.75) is 66.2 Å². The van der Waals surface area contributed by atoms with Crippen LogP contribution in [0.15, 0.2) is 36.4 Å². The van der Waals surface area contributed by atoms with E-state index in [2.05, 4.69) is 71.0 Å². The van der Waals surface area contributed by atoms with Gasteiger partial charge < -0.3 is 0 Å². The zero-order valence-corrected chi connectivity index (χ0v) is 16.0. The van der Waals surface area contributed by atoms with Gasteiger partial charge in [0.1, 0.15) is 0 Å². The zero-order chi connectivity index (χ0) is 17.3. The molecule has 0 amide bonds. The first-order chi connectivity index (χ1) is 11.5. The largest absolute Gasteiger partial charge is 0.0625 e. The quantitative estimate of drug-likeness (QED) is 0.560. The third-order valence-corrected chi connectivity index (χ3v) is 6.46. The highest BCUT2D eigenvalue weighted by molar-refractivity contribution is 5.66. The highest BCUT2D eigenvalue weighted by Crippen LogP contribution is 2.38. The second kappa shape index (κ2) is 7.13. The molecule has 0 heteroatoms. The van der Waals surface area contributed by atoms with E-state index in [1.807, 2.05) is 0 Å². The fraction of sp³-hybridized carbons (Fsp3) is 0.500. The fourth-order valence-corrected chi connectivity index (χ4v) is 4.24. The van der Waals surface area contributed by atoms with Crippen molar-refractivity contribution in [2.75, 3.05) is 0 Å². The molecule has 0 saturated heterocycles. The number of hydrogen-bond acceptors (Lipinski definition) is 0. The predicted octanol–water partition coefficient (Wildman–Crippen LogP) is 7.21. The van der Waals surface area contributed by atoms with Crippen LogP contribution in [-0.2, 0) is 0 Å². The van der Waals surface area contributed by atoms with Crippen molar-refractivity contribution >= 4 is 0 Å². The summed E-state index contributed by atoms with van der Waals surface area (Å²) in [4.78, 5) is 0. The minimum absolute atomic E-state index is 0.688. The molecular formula is C24H32. The van der Waals surface area contributed by atoms with Gasteiger partial charge in [-0.05, 0) is 84.7 Å². The molecule has 0 heterocycles. The first-order valence-electron chi connectivity index (χ1n) is 9.64. The lowest BCUT2D eigenvalue weighted by atomic mass is 9.74. The predicted molar refractivity (Wildman–Crippen MR) is 106 cm³/mol. The summed E-state index contributed by atoms with van der Waals surface area (Å²) in [5.74, 6) is 2.49. The van der Waals surface area contributed by atoms with Gasteiger partial charge in [0.05, 0.1) is 0 Å². The highest BCUT2D eigenvalue weighted by Gasteiger charge is 2.24. The summed E-state index contributed by atoms with van der Waals surface area (Å²) in [5, 5.41) is 0. The average Bonchev–Trinajstić information content (AvgIpc) is 2.59. The van der Waals surface area contributed by atoms with Gasteiger partial charge in [-0.1, -0.05) is 63.1 Å². The third kappa shape index (κ3) is 3.58. The van der Waals surface area contributed by atoms with Gasteiger partial charge in [-0.25, -0.2) is 0 Å². The molecule has 0 aromatic heterocycles. The van der Waals surface area contributed by atoms with Crippen LogP contribution in [0.5, 0.6) is 0 Å². The Morgan fingerprint density at radius 3 is 1.88 bits per heavy atom. The van der Waals surface area contributed by atoms with Crippen LogP contribution >= 0.6 is 0 Å². The van der Waals surface area contributed by atoms with E-state index in [1.165, 1.54) is 59.1 Å². The molecule has 2 aromatic carbocycles. The summed E-state index contributed by atoms with van der Waals surface area (Å²) in [6.45, 7) is 11.5. The van der Waals surface area contributed by atoms with Crippen LogP contribution in [0.2, 0.25) is 0 Å². The molecule has 1 saturated carbocycles. The number of rotatable bonds is 3. The van der Waals surface area contributed by atoms with E-state index in [0.717, 1.165) is 11.8 Å². The second-order valence-electron chi connectivity index (χ2n) is 8.17. The van der Waals surface area contributed by atoms with Gasteiger partial charge in [-0.15, -0.1) is 0 Å². The van der Waals surface area contributed by atoms with E-state index in [4.69, 9.17) is 0 Å². The minimum atomic E-state index is 0.688. The average molecular weight is 321 g/mol. The SMILES string of the molecule is Cc1cc(-c2ccc(C(C)C3CCC(C)CC3)cc2)cc(C)c1C. The molecule has 128 valence electrons. The Balaban J connectivity index is 1.78. The lowest BCUT2D eigenvalue weighted by Gasteiger charge is -2.31. The molecule has 1 aliphatic carbocycles. The van der Waals surface area contributed by atoms with E-state index >= 15 is 0 Å². The van der Waals surface area contributed by atoms with Crippen LogP contribution < -0.4 is 0 Å². The van der Waals surface area contributed by atoms with Crippen molar-refractivity contribution in [3.05, 3.63) is 58.7 Å². The standard InChI is InChI=1S/C24H32/c1-16-6-8-21(9-7-16)20(5)22-10-12-23(13-11-22)24-14-17(2)19(4)18(3)15-24/h10-16,20-21H,6-9H2,1-5H3. The molecule has 1 fully saturated rings. The summed E-state index contributed by atoms with van der Waals surface area (Å²) in [6.07, 6.45) is 5.63. The summed E-state index contributed by atoms with van der Waals surface area (Å²) >= 11 is 0. The maximum atomic E-state index is 2.43. The Labute approximate surface area is 148 Å². The van der Waals surface area contributed by atoms with Crippen molar-refractivity contribution in [1.82, 2.24) is 0 Å². The fourth-order valence-electron chi connectivity index (χ4n) is 4.24. The lowest BCUT2D eigenvalue weighted by Crippen LogP contribution is -2.17. The first-order valence-corrected chi connectivity index (χ1v) is 9.64. The Kier molecular flexibility index (Phi) is 5.13. The molecule has 0 radical (unpaired) electrons. The molecule has 1 atom stereocenters. The zero-order valence-electron chi connectivity index (χ0n) is 16.0. The molecule has 1 aliphatic rings. The Morgan fingerprint density at radius 2 is 1.33 bits per heavy atom. The smallest absolute Gasteiger partial charge is 0.0162 e. The molecule has 0 spiro atoms. The molecule has 2 aromatic rings. The van der Waals surface area contributed by atoms with Crippen LogP contribution in [0.25, 0.3) is 11.1 Å². The van der Waals surface area contributed by atoms with Gasteiger partial charge in [0, 0.05) is 0 Å². The Morgan fingerprint density at radius 1 is 0.792 bits per heavy atom. The molecular weight excluding hydrogens is 288 g/mol. The van der Waals surface area contributed by atoms with Gasteiger partial charge in [-0.3, -0.25) is 0 Å². The molecule has 24 heavy (non-hydrogen) atoms. The summed E-state index contributed by atoms with van der Waals surface area (Å²) in [6, 6.07) is 14.0. The van der Waals surface area contributed by atoms with E-state index in [-0.39, 0.29) is 0 Å². The van der Waals surface area contributed by atoms with Gasteiger partial charge in [-0.2, -0.15) is 0 Å². The maximum absolute atomic E-state index is 2.43. The van der Waals surface area contributed by atoms with E-state index in [9.17, 15) is 0 Å². The summed E-state index contributed by atoms with van der Waals surface area (Å²) in [7, 11) is 0. The topological polar surface area (TPSA) is 0 Å². The van der Waals surface area contributed by atoms with E-state index in [0.29, 0.717) is 5.92 Å². The normalized spacial score (nSPS) is 22.4. The van der Waals surface area contributed by atoms with Crippen molar-refractivity contribution in [3.63, 3.8) is 0 Å². The molecule has 0 N–H and O–H groups in total. The molecule has 0 bridgehead atoms. The van der Waals surface area contributed by atoms with Gasteiger partial charge in [0.25, 0.3) is 0 Å². The van der Waals surface area contributed by atoms with Crippen molar-refractivity contribution in [1.29, 1.82) is 0 Å². The maximum Gasteiger partial charge on any atom is -0.0162 e. The summed E-state index contributed by atoms with van der Waals surface area (Å²) in [5.41, 5.74) is 8.39. The molecule has 0 nitrogen and oxygen atoms in total. The third-order valence-electron chi connectivity index (χ3n) is 6.46. The Hall–Kier alpha value is -1.56. The van der Waals surface area contributed by atoms with Crippen LogP contribution in [-0.4, -0.2) is 0 Å². The number of aryl methyl sites for hydroxylation is 2. The molecule has 1 unspecified atom stereocenters. The highest BCUT2D eigenvalue weighted by atomic mass is 14.3. The van der Waals surface area contributed by atoms with Gasteiger partial charge in [0.15, 0.2) is 0 Å². The van der Waals surface area contributed by atoms with E-state index < -0.39 is 0 Å². The molecule has 0 aliphatic heterocycles. The minimum Gasteiger partial charge on any atom is -0.0625 e. The molecule has 3 rings (SSSR count). The number of hydrogen-bond donors (Lipinski definition) is 0. The second-order valence-corrected chi connectivity index (χ2v) is 8.17. The summed E-state index contributed by atoms with van der Waals surface area (Å²) < 4.78 is 0. The first kappa shape index (κ1) is 17.3. The number of benzene rings is 2. The lowest BCUT2D eigenvalue weighted by molar-refractivity contribution is 0.261. The van der Waals surface area contributed by atoms with Crippen molar-refractivity contribution < 1.29 is 0 Å². The Bertz CT molecular complexity index is 661. The van der Waals surface area contributed by atoms with Crippen LogP contribution in [0.4, 0.5) is 0 Å². The van der Waals surface area contributed by atoms with Gasteiger partial charge >= 0.3 is 0 Å². The van der Waals surface area contributed by atoms with Crippen molar-refractivity contribution in [2.24, 2.45) is 11.8 Å². The van der Waals surface area contributed by atoms with Crippen LogP contribution in [0.3, 0.4) is 0 Å².